The van der Waals surface area contributed by atoms with Gasteiger partial charge in [0.25, 0.3) is 5.91 Å². The highest BCUT2D eigenvalue weighted by Gasteiger charge is 2.45. The van der Waals surface area contributed by atoms with Gasteiger partial charge in [-0.05, 0) is 17.0 Å². The molecule has 2 N–H and O–H groups in total. The summed E-state index contributed by atoms with van der Waals surface area (Å²) in [6, 6.07) is 20.0. The van der Waals surface area contributed by atoms with Gasteiger partial charge in [-0.2, -0.15) is 5.10 Å². The molecule has 1 amide bonds. The number of carbonyl (C=O) groups is 1. The Labute approximate surface area is 176 Å². The monoisotopic (exact) mass is 405 g/mol. The third-order valence-electron chi connectivity index (χ3n) is 5.58. The van der Waals surface area contributed by atoms with Crippen LogP contribution in [-0.2, 0) is 4.79 Å². The number of fused-ring (bicyclic) bond motifs is 1. The highest BCUT2D eigenvalue weighted by molar-refractivity contribution is 5.96. The summed E-state index contributed by atoms with van der Waals surface area (Å²) in [7, 11) is 0. The first-order valence-electron chi connectivity index (χ1n) is 10.3. The molecule has 2 heterocycles. The van der Waals surface area contributed by atoms with Gasteiger partial charge in [0.05, 0.1) is 12.3 Å². The molecule has 2 atom stereocenters. The first kappa shape index (κ1) is 20.2. The van der Waals surface area contributed by atoms with Crippen LogP contribution in [0.4, 0.5) is 0 Å². The second kappa shape index (κ2) is 8.32. The van der Waals surface area contributed by atoms with Crippen molar-refractivity contribution in [3.8, 4) is 0 Å². The van der Waals surface area contributed by atoms with Crippen LogP contribution in [0.1, 0.15) is 30.9 Å². The van der Waals surface area contributed by atoms with Crippen LogP contribution >= 0.6 is 0 Å². The van der Waals surface area contributed by atoms with Crippen LogP contribution in [-0.4, -0.2) is 57.5 Å². The number of nitrogens with zero attached hydrogens (tertiary/aromatic N) is 3. The molecule has 6 heteroatoms. The largest absolute Gasteiger partial charge is 0.507 e. The molecule has 0 aliphatic carbocycles. The predicted octanol–water partition coefficient (Wildman–Crippen LogP) is 3.12. The normalized spacial score (nSPS) is 21.6. The molecule has 2 aliphatic rings. The fourth-order valence-electron chi connectivity index (χ4n) is 4.32. The number of hydrazone groups is 1. The Morgan fingerprint density at radius 1 is 1.03 bits per heavy atom. The van der Waals surface area contributed by atoms with Crippen molar-refractivity contribution in [2.45, 2.75) is 31.9 Å². The second-order valence-electron chi connectivity index (χ2n) is 8.26. The molecule has 0 radical (unpaired) electrons. The minimum absolute atomic E-state index is 0.0683. The van der Waals surface area contributed by atoms with Gasteiger partial charge >= 0.3 is 0 Å². The standard InChI is InChI=1S/C24H27N3O3/c1-16(2)14-26-15-19(27-22(24(26)30)23(29)20(28)13-25-27)21(17-9-5-3-6-10-17)18-11-7-4-8-12-18/h3-13,16,19-21,28-29H,14-15H2,1-2H3/t19-,20?/m1/s1. The SMILES string of the molecule is CC(C)CN1C[C@H](C(c2ccccc2)c2ccccc2)N2N=CC(O)C(O)=C2C1=O. The van der Waals surface area contributed by atoms with E-state index < -0.39 is 6.10 Å². The number of rotatable bonds is 5. The fourth-order valence-corrected chi connectivity index (χ4v) is 4.32. The van der Waals surface area contributed by atoms with E-state index in [1.165, 1.54) is 6.21 Å². The summed E-state index contributed by atoms with van der Waals surface area (Å²) < 4.78 is 0. The number of aliphatic hydroxyl groups is 2. The third-order valence-corrected chi connectivity index (χ3v) is 5.58. The van der Waals surface area contributed by atoms with Gasteiger partial charge in [-0.1, -0.05) is 74.5 Å². The summed E-state index contributed by atoms with van der Waals surface area (Å²) in [5.74, 6) is -0.445. The average molecular weight is 405 g/mol. The number of carbonyl (C=O) groups excluding carboxylic acids is 1. The van der Waals surface area contributed by atoms with Crippen molar-refractivity contribution < 1.29 is 15.0 Å². The number of hydrogen-bond acceptors (Lipinski definition) is 5. The Morgan fingerprint density at radius 3 is 2.13 bits per heavy atom. The van der Waals surface area contributed by atoms with Crippen LogP contribution in [0.2, 0.25) is 0 Å². The topological polar surface area (TPSA) is 76.4 Å². The Bertz CT molecular complexity index is 917. The zero-order valence-electron chi connectivity index (χ0n) is 17.2. The number of hydrogen-bond donors (Lipinski definition) is 2. The zero-order valence-corrected chi connectivity index (χ0v) is 17.2. The van der Waals surface area contributed by atoms with E-state index in [-0.39, 0.29) is 35.2 Å². The number of aliphatic hydroxyl groups excluding tert-OH is 2. The molecule has 1 fully saturated rings. The Balaban J connectivity index is 1.84. The van der Waals surface area contributed by atoms with E-state index >= 15 is 0 Å². The van der Waals surface area contributed by atoms with Gasteiger partial charge in [0, 0.05) is 19.0 Å². The maximum absolute atomic E-state index is 13.2. The van der Waals surface area contributed by atoms with Crippen molar-refractivity contribution in [3.63, 3.8) is 0 Å². The fraction of sp³-hybridized carbons (Fsp3) is 0.333. The maximum Gasteiger partial charge on any atom is 0.275 e. The summed E-state index contributed by atoms with van der Waals surface area (Å²) in [6.07, 6.45) is 0.0105. The smallest absolute Gasteiger partial charge is 0.275 e. The zero-order chi connectivity index (χ0) is 21.3. The van der Waals surface area contributed by atoms with Crippen LogP contribution in [0, 0.1) is 5.92 Å². The molecule has 2 aromatic rings. The van der Waals surface area contributed by atoms with Crippen LogP contribution in [0.3, 0.4) is 0 Å². The molecular formula is C24H27N3O3. The Kier molecular flexibility index (Phi) is 5.59. The van der Waals surface area contributed by atoms with E-state index in [9.17, 15) is 15.0 Å². The molecule has 30 heavy (non-hydrogen) atoms. The average Bonchev–Trinajstić information content (AvgIpc) is 2.75. The van der Waals surface area contributed by atoms with Crippen molar-refractivity contribution in [2.24, 2.45) is 11.0 Å². The number of piperazine rings is 1. The summed E-state index contributed by atoms with van der Waals surface area (Å²) in [6.45, 7) is 5.15. The quantitative estimate of drug-likeness (QED) is 0.801. The Hall–Kier alpha value is -3.12. The molecule has 0 aromatic heterocycles. The van der Waals surface area contributed by atoms with Crippen molar-refractivity contribution in [2.75, 3.05) is 13.1 Å². The lowest BCUT2D eigenvalue weighted by atomic mass is 9.83. The molecule has 1 saturated heterocycles. The van der Waals surface area contributed by atoms with Crippen molar-refractivity contribution in [1.29, 1.82) is 0 Å². The molecule has 156 valence electrons. The molecule has 6 nitrogen and oxygen atoms in total. The summed E-state index contributed by atoms with van der Waals surface area (Å²) in [5.41, 5.74) is 2.28. The molecule has 0 bridgehead atoms. The molecule has 1 unspecified atom stereocenters. The number of amides is 1. The van der Waals surface area contributed by atoms with Crippen LogP contribution in [0.5, 0.6) is 0 Å². The van der Waals surface area contributed by atoms with Gasteiger partial charge in [0.2, 0.25) is 0 Å². The first-order valence-corrected chi connectivity index (χ1v) is 10.3. The maximum atomic E-state index is 13.2. The van der Waals surface area contributed by atoms with Crippen molar-refractivity contribution in [3.05, 3.63) is 83.2 Å². The van der Waals surface area contributed by atoms with Gasteiger partial charge in [0.15, 0.2) is 11.5 Å². The van der Waals surface area contributed by atoms with Gasteiger partial charge in [-0.25, -0.2) is 0 Å². The van der Waals surface area contributed by atoms with E-state index in [4.69, 9.17) is 0 Å². The lowest BCUT2D eigenvalue weighted by Crippen LogP contribution is -2.57. The van der Waals surface area contributed by atoms with E-state index in [2.05, 4.69) is 43.2 Å². The second-order valence-corrected chi connectivity index (χ2v) is 8.26. The van der Waals surface area contributed by atoms with Crippen LogP contribution in [0.25, 0.3) is 0 Å². The molecule has 0 spiro atoms. The number of benzene rings is 2. The van der Waals surface area contributed by atoms with Crippen molar-refractivity contribution >= 4 is 12.1 Å². The lowest BCUT2D eigenvalue weighted by Gasteiger charge is -2.46. The third kappa shape index (κ3) is 3.71. The summed E-state index contributed by atoms with van der Waals surface area (Å²) >= 11 is 0. The minimum Gasteiger partial charge on any atom is -0.507 e. The van der Waals surface area contributed by atoms with Gasteiger partial charge in [-0.3, -0.25) is 9.80 Å². The van der Waals surface area contributed by atoms with Crippen LogP contribution in [0.15, 0.2) is 77.2 Å². The molecule has 2 aliphatic heterocycles. The minimum atomic E-state index is -1.27. The highest BCUT2D eigenvalue weighted by Crippen LogP contribution is 2.38. The van der Waals surface area contributed by atoms with Gasteiger partial charge < -0.3 is 15.1 Å². The van der Waals surface area contributed by atoms with Crippen LogP contribution < -0.4 is 0 Å². The van der Waals surface area contributed by atoms with E-state index in [1.807, 2.05) is 36.4 Å². The lowest BCUT2D eigenvalue weighted by molar-refractivity contribution is -0.135. The molecular weight excluding hydrogens is 378 g/mol. The molecule has 2 aromatic carbocycles. The van der Waals surface area contributed by atoms with E-state index in [0.29, 0.717) is 13.1 Å². The van der Waals surface area contributed by atoms with Crippen molar-refractivity contribution in [1.82, 2.24) is 9.91 Å². The van der Waals surface area contributed by atoms with Gasteiger partial charge in [-0.15, -0.1) is 0 Å². The summed E-state index contributed by atoms with van der Waals surface area (Å²) in [5, 5.41) is 26.7. The Morgan fingerprint density at radius 2 is 1.60 bits per heavy atom. The van der Waals surface area contributed by atoms with E-state index in [0.717, 1.165) is 11.1 Å². The van der Waals surface area contributed by atoms with Gasteiger partial charge in [0.1, 0.15) is 6.10 Å². The first-order chi connectivity index (χ1) is 14.5. The summed E-state index contributed by atoms with van der Waals surface area (Å²) in [4.78, 5) is 14.9. The van der Waals surface area contributed by atoms with E-state index in [1.54, 1.807) is 9.91 Å². The predicted molar refractivity (Wildman–Crippen MR) is 116 cm³/mol. The highest BCUT2D eigenvalue weighted by atomic mass is 16.3. The molecule has 0 saturated carbocycles. The molecule has 4 rings (SSSR count).